The van der Waals surface area contributed by atoms with Gasteiger partial charge in [-0.25, -0.2) is 4.68 Å². The molecule has 0 fully saturated rings. The van der Waals surface area contributed by atoms with Crippen LogP contribution >= 0.6 is 0 Å². The molecule has 0 amide bonds. The molecule has 0 saturated carbocycles. The first-order chi connectivity index (χ1) is 12.3. The molecule has 0 N–H and O–H groups in total. The normalized spacial score (nSPS) is 10.8. The highest BCUT2D eigenvalue weighted by atomic mass is 16.5. The van der Waals surface area contributed by atoms with Crippen molar-refractivity contribution >= 4 is 0 Å². The smallest absolute Gasteiger partial charge is 0.280 e. The zero-order chi connectivity index (χ0) is 17.2. The summed E-state index contributed by atoms with van der Waals surface area (Å²) in [6.45, 7) is 1.91. The molecule has 2 aromatic carbocycles. The van der Waals surface area contributed by atoms with Gasteiger partial charge in [-0.15, -0.1) is 5.10 Å². The van der Waals surface area contributed by atoms with E-state index < -0.39 is 0 Å². The summed E-state index contributed by atoms with van der Waals surface area (Å²) in [6, 6.07) is 17.2. The molecule has 25 heavy (non-hydrogen) atoms. The Bertz CT molecular complexity index is 990. The Morgan fingerprint density at radius 2 is 1.76 bits per heavy atom. The fraction of sp³-hybridized carbons (Fsp3) is 0.111. The Balaban J connectivity index is 1.68. The molecule has 7 heteroatoms. The van der Waals surface area contributed by atoms with Gasteiger partial charge in [0, 0.05) is 5.56 Å². The quantitative estimate of drug-likeness (QED) is 0.570. The van der Waals surface area contributed by atoms with E-state index in [4.69, 9.17) is 9.26 Å². The molecule has 4 aromatic rings. The lowest BCUT2D eigenvalue weighted by Gasteiger charge is -2.04. The first kappa shape index (κ1) is 15.1. The molecule has 0 aliphatic carbocycles. The average molecular weight is 333 g/mol. The number of benzene rings is 2. The molecular formula is C18H15N5O2. The molecule has 0 radical (unpaired) electrons. The molecule has 0 aliphatic heterocycles. The summed E-state index contributed by atoms with van der Waals surface area (Å²) in [5.74, 6) is 1.65. The number of aromatic nitrogens is 5. The van der Waals surface area contributed by atoms with Crippen molar-refractivity contribution in [3.8, 4) is 34.4 Å². The van der Waals surface area contributed by atoms with Crippen LogP contribution in [0, 0.1) is 6.92 Å². The minimum absolute atomic E-state index is 0.344. The molecule has 4 rings (SSSR count). The van der Waals surface area contributed by atoms with Crippen molar-refractivity contribution in [3.05, 3.63) is 60.3 Å². The maximum Gasteiger partial charge on any atom is 0.280 e. The van der Waals surface area contributed by atoms with E-state index in [0.717, 1.165) is 22.7 Å². The van der Waals surface area contributed by atoms with E-state index in [-0.39, 0.29) is 0 Å². The molecule has 0 unspecified atom stereocenters. The third-order valence-electron chi connectivity index (χ3n) is 3.87. The summed E-state index contributed by atoms with van der Waals surface area (Å²) in [6.07, 6.45) is 0. The summed E-state index contributed by atoms with van der Waals surface area (Å²) in [5.41, 5.74) is 3.14. The van der Waals surface area contributed by atoms with E-state index in [9.17, 15) is 0 Å². The molecule has 124 valence electrons. The number of methoxy groups -OCH3 is 1. The Kier molecular flexibility index (Phi) is 3.74. The number of ether oxygens (including phenoxy) is 1. The summed E-state index contributed by atoms with van der Waals surface area (Å²) >= 11 is 0. The van der Waals surface area contributed by atoms with Crippen molar-refractivity contribution in [2.24, 2.45) is 0 Å². The van der Waals surface area contributed by atoms with E-state index in [1.54, 1.807) is 11.8 Å². The fourth-order valence-corrected chi connectivity index (χ4v) is 2.52. The first-order valence-corrected chi connectivity index (χ1v) is 7.72. The molecule has 0 aliphatic rings. The fourth-order valence-electron chi connectivity index (χ4n) is 2.52. The lowest BCUT2D eigenvalue weighted by atomic mass is 10.2. The van der Waals surface area contributed by atoms with Gasteiger partial charge in [-0.2, -0.15) is 4.98 Å². The van der Waals surface area contributed by atoms with Crippen LogP contribution in [0.3, 0.4) is 0 Å². The predicted octanol–water partition coefficient (Wildman–Crippen LogP) is 3.30. The summed E-state index contributed by atoms with van der Waals surface area (Å²) in [4.78, 5) is 4.43. The van der Waals surface area contributed by atoms with Gasteiger partial charge in [-0.05, 0) is 31.2 Å². The van der Waals surface area contributed by atoms with Crippen molar-refractivity contribution < 1.29 is 9.26 Å². The summed E-state index contributed by atoms with van der Waals surface area (Å²) in [7, 11) is 1.63. The van der Waals surface area contributed by atoms with Gasteiger partial charge < -0.3 is 9.26 Å². The van der Waals surface area contributed by atoms with Gasteiger partial charge >= 0.3 is 0 Å². The lowest BCUT2D eigenvalue weighted by molar-refractivity contribution is 0.414. The number of hydrogen-bond acceptors (Lipinski definition) is 6. The van der Waals surface area contributed by atoms with Crippen molar-refractivity contribution in [1.29, 1.82) is 0 Å². The molecule has 7 nitrogen and oxygen atoms in total. The van der Waals surface area contributed by atoms with Gasteiger partial charge in [0.15, 0.2) is 5.69 Å². The average Bonchev–Trinajstić information content (AvgIpc) is 3.29. The van der Waals surface area contributed by atoms with Crippen molar-refractivity contribution in [2.75, 3.05) is 7.11 Å². The van der Waals surface area contributed by atoms with Gasteiger partial charge in [-0.3, -0.25) is 0 Å². The zero-order valence-electron chi connectivity index (χ0n) is 13.7. The van der Waals surface area contributed by atoms with Crippen LogP contribution in [0.1, 0.15) is 5.69 Å². The molecular weight excluding hydrogens is 318 g/mol. The molecule has 2 heterocycles. The summed E-state index contributed by atoms with van der Waals surface area (Å²) < 4.78 is 12.3. The minimum atomic E-state index is 0.344. The Labute approximate surface area is 143 Å². The summed E-state index contributed by atoms with van der Waals surface area (Å²) in [5, 5.41) is 12.4. The Hall–Kier alpha value is -3.48. The molecule has 0 atom stereocenters. The molecule has 0 saturated heterocycles. The second-order valence-corrected chi connectivity index (χ2v) is 5.42. The second-order valence-electron chi connectivity index (χ2n) is 5.42. The minimum Gasteiger partial charge on any atom is -0.497 e. The maximum atomic E-state index is 5.37. The number of rotatable bonds is 4. The first-order valence-electron chi connectivity index (χ1n) is 7.72. The van der Waals surface area contributed by atoms with Gasteiger partial charge in [0.2, 0.25) is 5.82 Å². The van der Waals surface area contributed by atoms with Crippen LogP contribution in [-0.2, 0) is 0 Å². The molecule has 2 aromatic heterocycles. The van der Waals surface area contributed by atoms with E-state index >= 15 is 0 Å². The second kappa shape index (κ2) is 6.20. The highest BCUT2D eigenvalue weighted by molar-refractivity contribution is 5.59. The molecule has 0 spiro atoms. The highest BCUT2D eigenvalue weighted by Gasteiger charge is 2.18. The van der Waals surface area contributed by atoms with Crippen LogP contribution in [0.15, 0.2) is 59.1 Å². The zero-order valence-corrected chi connectivity index (χ0v) is 13.7. The van der Waals surface area contributed by atoms with Crippen LogP contribution in [0.4, 0.5) is 0 Å². The third kappa shape index (κ3) is 2.76. The van der Waals surface area contributed by atoms with Crippen molar-refractivity contribution in [3.63, 3.8) is 0 Å². The van der Waals surface area contributed by atoms with E-state index in [0.29, 0.717) is 17.4 Å². The Morgan fingerprint density at radius 3 is 2.48 bits per heavy atom. The van der Waals surface area contributed by atoms with Crippen LogP contribution < -0.4 is 4.74 Å². The van der Waals surface area contributed by atoms with Crippen LogP contribution in [0.2, 0.25) is 0 Å². The Morgan fingerprint density at radius 1 is 1.00 bits per heavy atom. The predicted molar refractivity (Wildman–Crippen MR) is 91.4 cm³/mol. The maximum absolute atomic E-state index is 5.37. The number of nitrogens with zero attached hydrogens (tertiary/aromatic N) is 5. The van der Waals surface area contributed by atoms with E-state index in [1.165, 1.54) is 0 Å². The van der Waals surface area contributed by atoms with E-state index in [1.807, 2.05) is 61.5 Å². The highest BCUT2D eigenvalue weighted by Crippen LogP contribution is 2.24. The van der Waals surface area contributed by atoms with Crippen molar-refractivity contribution in [2.45, 2.75) is 6.92 Å². The largest absolute Gasteiger partial charge is 0.497 e. The monoisotopic (exact) mass is 333 g/mol. The number of hydrogen-bond donors (Lipinski definition) is 0. The van der Waals surface area contributed by atoms with Crippen LogP contribution in [0.5, 0.6) is 5.75 Å². The topological polar surface area (TPSA) is 78.9 Å². The van der Waals surface area contributed by atoms with Gasteiger partial charge in [0.1, 0.15) is 5.75 Å². The standard InChI is InChI=1S/C18H15N5O2/c1-12-16(18-19-17(21-25-18)13-6-4-3-5-7-13)20-22-23(12)14-8-10-15(24-2)11-9-14/h3-11H,1-2H3. The van der Waals surface area contributed by atoms with Gasteiger partial charge in [0.05, 0.1) is 18.5 Å². The van der Waals surface area contributed by atoms with Gasteiger partial charge in [0.25, 0.3) is 5.89 Å². The van der Waals surface area contributed by atoms with Crippen LogP contribution in [0.25, 0.3) is 28.7 Å². The van der Waals surface area contributed by atoms with E-state index in [2.05, 4.69) is 20.5 Å². The van der Waals surface area contributed by atoms with Gasteiger partial charge in [-0.1, -0.05) is 40.7 Å². The SMILES string of the molecule is COc1ccc(-n2nnc(-c3nc(-c4ccccc4)no3)c2C)cc1. The third-order valence-corrected chi connectivity index (χ3v) is 3.87. The van der Waals surface area contributed by atoms with Crippen molar-refractivity contribution in [1.82, 2.24) is 25.1 Å². The molecule has 0 bridgehead atoms. The lowest BCUT2D eigenvalue weighted by Crippen LogP contribution is -1.99. The van der Waals surface area contributed by atoms with Crippen LogP contribution in [-0.4, -0.2) is 32.2 Å².